The standard InChI is InChI=1S/C17H12F5N3O2S/c1-27-8-4-9-10(6-24-16(9)23-5-8)15(26)13-11(18)2-3-12(14(13)19)25-28-7-17(20,21)22/h2-6,25H,7H2,1H3,(H,23,24). The second-order valence-corrected chi connectivity index (χ2v) is 6.37. The van der Waals surface area contributed by atoms with Crippen molar-refractivity contribution >= 4 is 34.5 Å². The Morgan fingerprint density at radius 3 is 2.75 bits per heavy atom. The molecule has 0 unspecified atom stereocenters. The van der Waals surface area contributed by atoms with Gasteiger partial charge in [-0.25, -0.2) is 13.8 Å². The molecule has 2 aromatic heterocycles. The zero-order chi connectivity index (χ0) is 20.5. The summed E-state index contributed by atoms with van der Waals surface area (Å²) in [6.07, 6.45) is -1.82. The third-order valence-electron chi connectivity index (χ3n) is 3.72. The molecule has 0 spiro atoms. The Balaban J connectivity index is 1.97. The van der Waals surface area contributed by atoms with Crippen LogP contribution in [0.5, 0.6) is 5.75 Å². The number of benzene rings is 1. The molecule has 0 atom stereocenters. The van der Waals surface area contributed by atoms with E-state index in [-0.39, 0.29) is 22.9 Å². The second kappa shape index (κ2) is 7.66. The van der Waals surface area contributed by atoms with Crippen LogP contribution in [0.3, 0.4) is 0 Å². The van der Waals surface area contributed by atoms with Crippen LogP contribution in [0.2, 0.25) is 0 Å². The maximum Gasteiger partial charge on any atom is 0.399 e. The lowest BCUT2D eigenvalue weighted by molar-refractivity contribution is -0.105. The minimum atomic E-state index is -4.47. The number of anilines is 1. The van der Waals surface area contributed by atoms with Gasteiger partial charge in [-0.05, 0) is 30.1 Å². The molecule has 0 fully saturated rings. The highest BCUT2D eigenvalue weighted by atomic mass is 32.2. The van der Waals surface area contributed by atoms with Crippen molar-refractivity contribution < 1.29 is 31.5 Å². The number of nitrogens with zero attached hydrogens (tertiary/aromatic N) is 1. The lowest BCUT2D eigenvalue weighted by Gasteiger charge is -2.11. The predicted molar refractivity (Wildman–Crippen MR) is 94.6 cm³/mol. The van der Waals surface area contributed by atoms with Crippen LogP contribution < -0.4 is 9.46 Å². The van der Waals surface area contributed by atoms with Crippen LogP contribution in [0.4, 0.5) is 27.6 Å². The van der Waals surface area contributed by atoms with Crippen molar-refractivity contribution in [3.63, 3.8) is 0 Å². The Hall–Kier alpha value is -2.82. The molecular weight excluding hydrogens is 405 g/mol. The van der Waals surface area contributed by atoms with Crippen molar-refractivity contribution in [3.05, 3.63) is 53.4 Å². The number of H-pyrrole nitrogens is 1. The zero-order valence-corrected chi connectivity index (χ0v) is 15.0. The number of hydrogen-bond acceptors (Lipinski definition) is 5. The number of fused-ring (bicyclic) bond motifs is 1. The number of halogens is 5. The number of aromatic amines is 1. The molecule has 2 heterocycles. The minimum absolute atomic E-state index is 0.0562. The third-order valence-corrected chi connectivity index (χ3v) is 4.56. The quantitative estimate of drug-likeness (QED) is 0.346. The van der Waals surface area contributed by atoms with Gasteiger partial charge in [0.1, 0.15) is 23.0 Å². The van der Waals surface area contributed by atoms with Crippen molar-refractivity contribution in [3.8, 4) is 5.75 Å². The maximum absolute atomic E-state index is 14.7. The first-order valence-electron chi connectivity index (χ1n) is 7.69. The fourth-order valence-corrected chi connectivity index (χ4v) is 3.00. The van der Waals surface area contributed by atoms with Crippen LogP contribution in [0.15, 0.2) is 30.6 Å². The van der Waals surface area contributed by atoms with Gasteiger partial charge in [-0.15, -0.1) is 0 Å². The monoisotopic (exact) mass is 417 g/mol. The Labute approximate surface area is 159 Å². The lowest BCUT2D eigenvalue weighted by Crippen LogP contribution is -2.13. The van der Waals surface area contributed by atoms with Crippen LogP contribution in [0.1, 0.15) is 15.9 Å². The molecule has 0 aliphatic carbocycles. The van der Waals surface area contributed by atoms with E-state index in [0.717, 1.165) is 12.1 Å². The van der Waals surface area contributed by atoms with Gasteiger partial charge >= 0.3 is 6.18 Å². The number of nitrogens with one attached hydrogen (secondary N) is 2. The number of carbonyl (C=O) groups excluding carboxylic acids is 1. The summed E-state index contributed by atoms with van der Waals surface area (Å²) < 4.78 is 72.8. The van der Waals surface area contributed by atoms with Gasteiger partial charge in [0, 0.05) is 17.1 Å². The highest BCUT2D eigenvalue weighted by Crippen LogP contribution is 2.30. The van der Waals surface area contributed by atoms with Crippen molar-refractivity contribution in [2.75, 3.05) is 17.6 Å². The number of ether oxygens (including phenoxy) is 1. The Morgan fingerprint density at radius 1 is 1.32 bits per heavy atom. The largest absolute Gasteiger partial charge is 0.495 e. The summed E-state index contributed by atoms with van der Waals surface area (Å²) in [4.78, 5) is 19.5. The van der Waals surface area contributed by atoms with Crippen molar-refractivity contribution in [2.45, 2.75) is 6.18 Å². The molecule has 28 heavy (non-hydrogen) atoms. The van der Waals surface area contributed by atoms with E-state index in [2.05, 4.69) is 14.7 Å². The number of alkyl halides is 3. The van der Waals surface area contributed by atoms with E-state index < -0.39 is 40.6 Å². The van der Waals surface area contributed by atoms with Crippen LogP contribution in [-0.2, 0) is 0 Å². The molecule has 148 valence electrons. The van der Waals surface area contributed by atoms with E-state index in [9.17, 15) is 26.7 Å². The van der Waals surface area contributed by atoms with Gasteiger partial charge in [0.2, 0.25) is 5.78 Å². The SMILES string of the molecule is COc1cnc2[nH]cc(C(=O)c3c(F)ccc(NSCC(F)(F)F)c3F)c2c1. The Kier molecular flexibility index (Phi) is 5.45. The normalized spacial score (nSPS) is 11.6. The fourth-order valence-electron chi connectivity index (χ4n) is 2.45. The second-order valence-electron chi connectivity index (χ2n) is 5.59. The van der Waals surface area contributed by atoms with Gasteiger partial charge in [-0.1, -0.05) is 0 Å². The van der Waals surface area contributed by atoms with Crippen LogP contribution >= 0.6 is 11.9 Å². The van der Waals surface area contributed by atoms with Crippen LogP contribution in [0, 0.1) is 11.6 Å². The van der Waals surface area contributed by atoms with Gasteiger partial charge in [0.15, 0.2) is 5.82 Å². The molecule has 0 aliphatic rings. The molecule has 3 aromatic rings. The summed E-state index contributed by atoms with van der Waals surface area (Å²) in [5.74, 6) is -4.37. The summed E-state index contributed by atoms with van der Waals surface area (Å²) in [6, 6.07) is 3.20. The molecule has 0 saturated carbocycles. The van der Waals surface area contributed by atoms with Gasteiger partial charge in [0.25, 0.3) is 0 Å². The van der Waals surface area contributed by atoms with Crippen molar-refractivity contribution in [1.82, 2.24) is 9.97 Å². The molecule has 0 bridgehead atoms. The molecular formula is C17H12F5N3O2S. The summed E-state index contributed by atoms with van der Waals surface area (Å²) in [5.41, 5.74) is -1.07. The topological polar surface area (TPSA) is 67.0 Å². The molecule has 3 rings (SSSR count). The highest BCUT2D eigenvalue weighted by Gasteiger charge is 2.28. The number of rotatable bonds is 6. The van der Waals surface area contributed by atoms with E-state index >= 15 is 0 Å². The summed E-state index contributed by atoms with van der Waals surface area (Å²) >= 11 is 0.177. The first-order chi connectivity index (χ1) is 13.2. The molecule has 5 nitrogen and oxygen atoms in total. The van der Waals surface area contributed by atoms with E-state index in [1.807, 2.05) is 0 Å². The Morgan fingerprint density at radius 2 is 2.07 bits per heavy atom. The van der Waals surface area contributed by atoms with Crippen LogP contribution in [0.25, 0.3) is 11.0 Å². The van der Waals surface area contributed by atoms with E-state index in [1.165, 1.54) is 25.6 Å². The summed E-state index contributed by atoms with van der Waals surface area (Å²) in [5, 5.41) is 0.285. The van der Waals surface area contributed by atoms with E-state index in [1.54, 1.807) is 0 Å². The molecule has 0 aliphatic heterocycles. The zero-order valence-electron chi connectivity index (χ0n) is 14.2. The number of pyridine rings is 1. The van der Waals surface area contributed by atoms with Gasteiger partial charge < -0.3 is 14.4 Å². The van der Waals surface area contributed by atoms with Crippen LogP contribution in [-0.4, -0.2) is 34.8 Å². The average Bonchev–Trinajstić information content (AvgIpc) is 3.05. The van der Waals surface area contributed by atoms with E-state index in [0.29, 0.717) is 11.4 Å². The predicted octanol–water partition coefficient (Wildman–Crippen LogP) is 4.70. The van der Waals surface area contributed by atoms with Crippen molar-refractivity contribution in [1.29, 1.82) is 0 Å². The first-order valence-corrected chi connectivity index (χ1v) is 8.68. The van der Waals surface area contributed by atoms with Crippen molar-refractivity contribution in [2.24, 2.45) is 0 Å². The van der Waals surface area contributed by atoms with E-state index in [4.69, 9.17) is 4.74 Å². The molecule has 2 N–H and O–H groups in total. The Bertz CT molecular complexity index is 1040. The molecule has 11 heteroatoms. The lowest BCUT2D eigenvalue weighted by atomic mass is 10.0. The maximum atomic E-state index is 14.7. The first kappa shape index (κ1) is 19.9. The van der Waals surface area contributed by atoms with Gasteiger partial charge in [-0.2, -0.15) is 13.2 Å². The summed E-state index contributed by atoms with van der Waals surface area (Å²) in [7, 11) is 1.39. The minimum Gasteiger partial charge on any atom is -0.495 e. The average molecular weight is 417 g/mol. The fraction of sp³-hybridized carbons (Fsp3) is 0.176. The van der Waals surface area contributed by atoms with Gasteiger partial charge in [-0.3, -0.25) is 4.79 Å². The molecule has 0 amide bonds. The number of methoxy groups -OCH3 is 1. The van der Waals surface area contributed by atoms with Gasteiger partial charge in [0.05, 0.1) is 24.6 Å². The number of ketones is 1. The molecule has 0 radical (unpaired) electrons. The molecule has 1 aromatic carbocycles. The third kappa shape index (κ3) is 4.03. The smallest absolute Gasteiger partial charge is 0.399 e. The highest BCUT2D eigenvalue weighted by molar-refractivity contribution is 8.00. The number of carbonyl (C=O) groups is 1. The molecule has 0 saturated heterocycles. The number of hydrogen-bond donors (Lipinski definition) is 2. The number of aromatic nitrogens is 2. The summed E-state index contributed by atoms with van der Waals surface area (Å²) in [6.45, 7) is 0.